The summed E-state index contributed by atoms with van der Waals surface area (Å²) in [6, 6.07) is 1.48. The number of aliphatic hydroxyl groups excluding tert-OH is 2. The highest BCUT2D eigenvalue weighted by molar-refractivity contribution is 6.32. The average molecular weight is 551 g/mol. The fourth-order valence-electron chi connectivity index (χ4n) is 5.28. The number of phenols is 5. The van der Waals surface area contributed by atoms with E-state index < -0.39 is 115 Å². The van der Waals surface area contributed by atoms with E-state index in [4.69, 9.17) is 5.11 Å². The van der Waals surface area contributed by atoms with Crippen molar-refractivity contribution in [3.05, 3.63) is 62.7 Å². The largest absolute Gasteiger partial charge is 0.508 e. The van der Waals surface area contributed by atoms with E-state index in [0.29, 0.717) is 0 Å². The van der Waals surface area contributed by atoms with Gasteiger partial charge in [-0.3, -0.25) is 19.2 Å². The smallest absolute Gasteiger partial charge is 0.325 e. The quantitative estimate of drug-likeness (QED) is 0.163. The van der Waals surface area contributed by atoms with Crippen LogP contribution in [-0.2, 0) is 4.79 Å². The number of hydrogen-bond donors (Lipinski definition) is 9. The van der Waals surface area contributed by atoms with Crippen LogP contribution in [0.4, 0.5) is 0 Å². The summed E-state index contributed by atoms with van der Waals surface area (Å²) in [5.41, 5.74) is -4.97. The van der Waals surface area contributed by atoms with Crippen LogP contribution in [0.1, 0.15) is 78.0 Å². The molecule has 2 aliphatic rings. The van der Waals surface area contributed by atoms with E-state index in [-0.39, 0.29) is 11.1 Å². The molecule has 13 nitrogen and oxygen atoms in total. The number of aliphatic carboxylic acids is 1. The Hall–Kier alpha value is -5.14. The molecule has 0 bridgehead atoms. The number of hydrogen-bond acceptors (Lipinski definition) is 11. The predicted molar refractivity (Wildman–Crippen MR) is 133 cm³/mol. The van der Waals surface area contributed by atoms with Gasteiger partial charge < -0.3 is 46.2 Å². The summed E-state index contributed by atoms with van der Waals surface area (Å²) in [4.78, 5) is 50.9. The van der Waals surface area contributed by atoms with Crippen molar-refractivity contribution in [3.8, 4) is 39.9 Å². The van der Waals surface area contributed by atoms with Gasteiger partial charge in [0, 0.05) is 28.3 Å². The van der Waals surface area contributed by atoms with Crippen LogP contribution in [0.2, 0.25) is 0 Å². The topological polar surface area (TPSA) is 242 Å². The van der Waals surface area contributed by atoms with Gasteiger partial charge in [0.2, 0.25) is 5.78 Å². The van der Waals surface area contributed by atoms with E-state index >= 15 is 0 Å². The molecule has 9 N–H and O–H groups in total. The highest BCUT2D eigenvalue weighted by Gasteiger charge is 2.45. The first kappa shape index (κ1) is 26.5. The van der Waals surface area contributed by atoms with Crippen molar-refractivity contribution in [2.24, 2.45) is 0 Å². The van der Waals surface area contributed by atoms with Gasteiger partial charge in [0.15, 0.2) is 5.78 Å². The number of rotatable bonds is 3. The molecule has 0 radical (unpaired) electrons. The van der Waals surface area contributed by atoms with Crippen LogP contribution in [0.15, 0.2) is 18.2 Å². The molecule has 3 aromatic carbocycles. The minimum absolute atomic E-state index is 0.0499. The summed E-state index contributed by atoms with van der Waals surface area (Å²) in [7, 11) is 0. The Bertz CT molecular complexity index is 1720. The minimum atomic E-state index is -2.00. The maximum Gasteiger partial charge on any atom is 0.325 e. The van der Waals surface area contributed by atoms with Crippen LogP contribution in [0.3, 0.4) is 0 Å². The van der Waals surface area contributed by atoms with E-state index in [1.54, 1.807) is 0 Å². The third-order valence-corrected chi connectivity index (χ3v) is 7.15. The zero-order chi connectivity index (χ0) is 29.5. The Balaban J connectivity index is 1.84. The highest BCUT2D eigenvalue weighted by Crippen LogP contribution is 2.58. The number of aliphatic hydroxyl groups is 2. The molecular weight excluding hydrogens is 530 g/mol. The van der Waals surface area contributed by atoms with Gasteiger partial charge in [0.05, 0.1) is 22.3 Å². The van der Waals surface area contributed by atoms with Crippen LogP contribution >= 0.6 is 0 Å². The zero-order valence-electron chi connectivity index (χ0n) is 20.7. The van der Waals surface area contributed by atoms with Crippen molar-refractivity contribution < 1.29 is 60.0 Å². The van der Waals surface area contributed by atoms with E-state index in [2.05, 4.69) is 5.32 Å². The van der Waals surface area contributed by atoms with E-state index in [1.165, 1.54) is 19.9 Å². The number of benzene rings is 3. The fourth-order valence-corrected chi connectivity index (χ4v) is 5.28. The van der Waals surface area contributed by atoms with Gasteiger partial charge in [-0.2, -0.15) is 0 Å². The molecular formula is C27H21NO12. The zero-order valence-corrected chi connectivity index (χ0v) is 20.7. The monoisotopic (exact) mass is 551 g/mol. The van der Waals surface area contributed by atoms with Crippen LogP contribution in [0.25, 0.3) is 11.1 Å². The molecule has 0 aromatic heterocycles. The Kier molecular flexibility index (Phi) is 5.75. The second-order valence-electron chi connectivity index (χ2n) is 9.59. The number of carbonyl (C=O) groups excluding carboxylic acids is 3. The van der Waals surface area contributed by atoms with Crippen molar-refractivity contribution in [3.63, 3.8) is 0 Å². The molecule has 3 atom stereocenters. The van der Waals surface area contributed by atoms with E-state index in [0.717, 1.165) is 12.1 Å². The number of fused-ring (bicyclic) bond motifs is 5. The Morgan fingerprint density at radius 2 is 1.43 bits per heavy atom. The number of nitrogens with one attached hydrogen (secondary N) is 1. The minimum Gasteiger partial charge on any atom is -0.508 e. The molecule has 5 rings (SSSR count). The van der Waals surface area contributed by atoms with Crippen LogP contribution in [0, 0.1) is 6.92 Å². The first-order valence-corrected chi connectivity index (χ1v) is 11.7. The third-order valence-electron chi connectivity index (χ3n) is 7.15. The van der Waals surface area contributed by atoms with Crippen LogP contribution in [0.5, 0.6) is 28.7 Å². The normalized spacial score (nSPS) is 17.8. The maximum atomic E-state index is 13.4. The lowest BCUT2D eigenvalue weighted by Gasteiger charge is -2.34. The van der Waals surface area contributed by atoms with Gasteiger partial charge in [0.1, 0.15) is 47.0 Å². The Morgan fingerprint density at radius 3 is 2.05 bits per heavy atom. The molecule has 206 valence electrons. The molecule has 0 fully saturated rings. The highest BCUT2D eigenvalue weighted by atomic mass is 16.4. The van der Waals surface area contributed by atoms with Gasteiger partial charge in [-0.05, 0) is 31.0 Å². The van der Waals surface area contributed by atoms with Gasteiger partial charge >= 0.3 is 5.97 Å². The number of aryl methyl sites for hydroxylation is 1. The molecule has 40 heavy (non-hydrogen) atoms. The van der Waals surface area contributed by atoms with E-state index in [1.807, 2.05) is 0 Å². The summed E-state index contributed by atoms with van der Waals surface area (Å²) in [6.07, 6.45) is -3.86. The molecule has 0 saturated carbocycles. The number of aromatic hydroxyl groups is 5. The molecule has 0 unspecified atom stereocenters. The summed E-state index contributed by atoms with van der Waals surface area (Å²) in [6.45, 7) is 2.53. The van der Waals surface area contributed by atoms with Crippen LogP contribution in [-0.4, -0.2) is 70.3 Å². The molecule has 1 amide bonds. The first-order chi connectivity index (χ1) is 18.7. The summed E-state index contributed by atoms with van der Waals surface area (Å²) in [5.74, 6) is -8.95. The summed E-state index contributed by atoms with van der Waals surface area (Å²) in [5, 5.41) is 87.0. The Labute approximate surface area is 223 Å². The average Bonchev–Trinajstić information content (AvgIpc) is 2.86. The lowest BCUT2D eigenvalue weighted by atomic mass is 9.73. The number of ketones is 2. The number of carbonyl (C=O) groups is 4. The molecule has 3 aromatic rings. The Morgan fingerprint density at radius 1 is 0.800 bits per heavy atom. The number of carboxylic acid groups (broad SMARTS) is 1. The second kappa shape index (κ2) is 8.69. The number of carboxylic acids is 1. The lowest BCUT2D eigenvalue weighted by molar-refractivity contribution is -0.138. The molecule has 0 saturated heterocycles. The molecule has 2 aliphatic carbocycles. The fraction of sp³-hybridized carbons (Fsp3) is 0.185. The third kappa shape index (κ3) is 3.41. The van der Waals surface area contributed by atoms with Crippen molar-refractivity contribution in [1.29, 1.82) is 0 Å². The first-order valence-electron chi connectivity index (χ1n) is 11.7. The number of amides is 1. The number of phenolic OH excluding ortho intramolecular Hbond substituents is 5. The lowest BCUT2D eigenvalue weighted by Crippen LogP contribution is -2.38. The molecule has 13 heteroatoms. The van der Waals surface area contributed by atoms with Crippen molar-refractivity contribution in [2.45, 2.75) is 32.1 Å². The van der Waals surface area contributed by atoms with Gasteiger partial charge in [-0.25, -0.2) is 0 Å². The molecule has 0 aliphatic heterocycles. The predicted octanol–water partition coefficient (Wildman–Crippen LogP) is 1.25. The van der Waals surface area contributed by atoms with Gasteiger partial charge in [-0.1, -0.05) is 6.07 Å². The van der Waals surface area contributed by atoms with Crippen molar-refractivity contribution >= 4 is 23.4 Å². The van der Waals surface area contributed by atoms with Gasteiger partial charge in [0.25, 0.3) is 5.91 Å². The SMILES string of the molecule is Cc1cc2c(c(O)c1C(=O)N[C@@H](C)C(=O)O)-c1c(O)c3c(c(O)c1[C@H](O)[C@H]2O)C(=O)c1c(O)cc(O)cc1C3=O. The van der Waals surface area contributed by atoms with E-state index in [9.17, 15) is 54.9 Å². The molecule has 0 spiro atoms. The summed E-state index contributed by atoms with van der Waals surface area (Å²) >= 11 is 0. The summed E-state index contributed by atoms with van der Waals surface area (Å²) < 4.78 is 0. The van der Waals surface area contributed by atoms with Crippen molar-refractivity contribution in [1.82, 2.24) is 5.32 Å². The second-order valence-corrected chi connectivity index (χ2v) is 9.59. The van der Waals surface area contributed by atoms with Crippen molar-refractivity contribution in [2.75, 3.05) is 0 Å². The van der Waals surface area contributed by atoms with Crippen LogP contribution < -0.4 is 5.32 Å². The molecule has 0 heterocycles. The standard InChI is InChI=1S/C27H21NO12/c1-6-3-9-14(21(33)12(6)26(38)28-7(2)27(39)40)15-16(25(37)20(9)32)24(36)18-17(23(15)35)19(31)10-4-8(29)5-11(30)13(10)22(18)34/h3-5,7,20,25,29-30,32-33,35-37H,1-2H3,(H,28,38)(H,39,40)/t7-,20-,25-/m0/s1. The maximum absolute atomic E-state index is 13.4. The van der Waals surface area contributed by atoms with Gasteiger partial charge in [-0.15, -0.1) is 0 Å².